The van der Waals surface area contributed by atoms with Crippen molar-refractivity contribution in [3.8, 4) is 0 Å². The second-order valence-corrected chi connectivity index (χ2v) is 7.56. The van der Waals surface area contributed by atoms with E-state index in [9.17, 15) is 4.79 Å². The van der Waals surface area contributed by atoms with E-state index in [1.807, 2.05) is 0 Å². The predicted octanol–water partition coefficient (Wildman–Crippen LogP) is 2.26. The summed E-state index contributed by atoms with van der Waals surface area (Å²) in [5.74, 6) is 1.92. The Kier molecular flexibility index (Phi) is 4.36. The summed E-state index contributed by atoms with van der Waals surface area (Å²) in [6.45, 7) is 13.3. The van der Waals surface area contributed by atoms with E-state index in [1.54, 1.807) is 0 Å². The van der Waals surface area contributed by atoms with E-state index in [1.165, 1.54) is 6.42 Å². The van der Waals surface area contributed by atoms with Crippen LogP contribution in [0.4, 0.5) is 0 Å². The van der Waals surface area contributed by atoms with Gasteiger partial charge < -0.3 is 0 Å². The fraction of sp³-hybridized carbons (Fsp3) is 0.938. The number of ketones is 1. The van der Waals surface area contributed by atoms with Gasteiger partial charge in [-0.3, -0.25) is 14.6 Å². The molecule has 0 spiro atoms. The molecule has 3 nitrogen and oxygen atoms in total. The molecule has 0 bridgehead atoms. The molecule has 1 aliphatic carbocycles. The Morgan fingerprint density at radius 2 is 1.95 bits per heavy atom. The Morgan fingerprint density at radius 1 is 1.26 bits per heavy atom. The lowest BCUT2D eigenvalue weighted by Gasteiger charge is -2.47. The number of likely N-dealkylation sites (N-methyl/N-ethyl adjacent to an activating group) is 1. The van der Waals surface area contributed by atoms with E-state index in [2.05, 4.69) is 44.5 Å². The highest BCUT2D eigenvalue weighted by molar-refractivity contribution is 5.82. The van der Waals surface area contributed by atoms with Crippen molar-refractivity contribution in [1.29, 1.82) is 0 Å². The molecule has 19 heavy (non-hydrogen) atoms. The van der Waals surface area contributed by atoms with Crippen molar-refractivity contribution < 1.29 is 4.79 Å². The zero-order chi connectivity index (χ0) is 14.2. The fourth-order valence-corrected chi connectivity index (χ4v) is 3.75. The van der Waals surface area contributed by atoms with Crippen LogP contribution < -0.4 is 0 Å². The lowest BCUT2D eigenvalue weighted by atomic mass is 9.74. The Hall–Kier alpha value is -0.410. The number of hydrogen-bond donors (Lipinski definition) is 0. The zero-order valence-electron chi connectivity index (χ0n) is 13.3. The molecule has 0 N–H and O–H groups in total. The van der Waals surface area contributed by atoms with Gasteiger partial charge in [-0.15, -0.1) is 0 Å². The monoisotopic (exact) mass is 266 g/mol. The molecule has 1 heterocycles. The van der Waals surface area contributed by atoms with Gasteiger partial charge in [-0.2, -0.15) is 0 Å². The molecule has 2 fully saturated rings. The van der Waals surface area contributed by atoms with Crippen LogP contribution in [-0.2, 0) is 4.79 Å². The van der Waals surface area contributed by atoms with Gasteiger partial charge in [0.15, 0.2) is 0 Å². The lowest BCUT2D eigenvalue weighted by Crippen LogP contribution is -2.59. The number of hydrogen-bond acceptors (Lipinski definition) is 3. The molecule has 0 amide bonds. The quantitative estimate of drug-likeness (QED) is 0.766. The molecule has 2 aliphatic rings. The maximum atomic E-state index is 12.3. The molecule has 1 saturated carbocycles. The van der Waals surface area contributed by atoms with E-state index in [0.717, 1.165) is 32.6 Å². The van der Waals surface area contributed by atoms with Crippen molar-refractivity contribution >= 4 is 5.78 Å². The molecule has 2 rings (SSSR count). The standard InChI is InChI=1S/C16H30N2O/c1-12-8-13(2)14(15(19)9-12)10-18-7-6-17(5)16(3,4)11-18/h12-14H,6-11H2,1-5H3. The van der Waals surface area contributed by atoms with Crippen LogP contribution in [0.15, 0.2) is 0 Å². The minimum Gasteiger partial charge on any atom is -0.300 e. The Bertz CT molecular complexity index is 340. The summed E-state index contributed by atoms with van der Waals surface area (Å²) >= 11 is 0. The van der Waals surface area contributed by atoms with E-state index in [-0.39, 0.29) is 11.5 Å². The van der Waals surface area contributed by atoms with Crippen LogP contribution in [0.5, 0.6) is 0 Å². The van der Waals surface area contributed by atoms with E-state index in [0.29, 0.717) is 17.6 Å². The first-order chi connectivity index (χ1) is 8.79. The Balaban J connectivity index is 1.96. The molecule has 0 aromatic heterocycles. The maximum Gasteiger partial charge on any atom is 0.137 e. The summed E-state index contributed by atoms with van der Waals surface area (Å²) in [6.07, 6.45) is 2.01. The predicted molar refractivity (Wildman–Crippen MR) is 79.2 cm³/mol. The van der Waals surface area contributed by atoms with Crippen molar-refractivity contribution in [2.45, 2.75) is 46.1 Å². The summed E-state index contributed by atoms with van der Waals surface area (Å²) in [6, 6.07) is 0. The highest BCUT2D eigenvalue weighted by Crippen LogP contribution is 2.32. The van der Waals surface area contributed by atoms with Crippen LogP contribution >= 0.6 is 0 Å². The summed E-state index contributed by atoms with van der Waals surface area (Å²) in [4.78, 5) is 17.2. The van der Waals surface area contributed by atoms with Gasteiger partial charge in [-0.25, -0.2) is 0 Å². The van der Waals surface area contributed by atoms with Gasteiger partial charge in [-0.05, 0) is 39.2 Å². The number of piperazine rings is 1. The summed E-state index contributed by atoms with van der Waals surface area (Å²) in [5.41, 5.74) is 0.229. The van der Waals surface area contributed by atoms with Crippen molar-refractivity contribution in [2.75, 3.05) is 33.2 Å². The molecular formula is C16H30N2O. The minimum atomic E-state index is 0.229. The fourth-order valence-electron chi connectivity index (χ4n) is 3.75. The number of carbonyl (C=O) groups excluding carboxylic acids is 1. The zero-order valence-corrected chi connectivity index (χ0v) is 13.3. The number of Topliss-reactive ketones (excluding diaryl/α,β-unsaturated/α-hetero) is 1. The van der Waals surface area contributed by atoms with Gasteiger partial charge in [0, 0.05) is 44.1 Å². The van der Waals surface area contributed by atoms with Gasteiger partial charge in [0.2, 0.25) is 0 Å². The summed E-state index contributed by atoms with van der Waals surface area (Å²) < 4.78 is 0. The third kappa shape index (κ3) is 3.38. The SMILES string of the molecule is CC1CC(=O)C(CN2CCN(C)C(C)(C)C2)C(C)C1. The van der Waals surface area contributed by atoms with Gasteiger partial charge in [0.05, 0.1) is 0 Å². The van der Waals surface area contributed by atoms with Gasteiger partial charge >= 0.3 is 0 Å². The van der Waals surface area contributed by atoms with Crippen LogP contribution in [-0.4, -0.2) is 54.3 Å². The number of carbonyl (C=O) groups is 1. The molecule has 3 unspecified atom stereocenters. The first-order valence-corrected chi connectivity index (χ1v) is 7.76. The molecule has 1 saturated heterocycles. The molecule has 0 radical (unpaired) electrons. The van der Waals surface area contributed by atoms with Gasteiger partial charge in [0.1, 0.15) is 5.78 Å². The summed E-state index contributed by atoms with van der Waals surface area (Å²) in [7, 11) is 2.20. The van der Waals surface area contributed by atoms with Gasteiger partial charge in [0.25, 0.3) is 0 Å². The van der Waals surface area contributed by atoms with E-state index < -0.39 is 0 Å². The molecule has 1 aliphatic heterocycles. The topological polar surface area (TPSA) is 23.6 Å². The maximum absolute atomic E-state index is 12.3. The highest BCUT2D eigenvalue weighted by Gasteiger charge is 2.37. The molecule has 110 valence electrons. The molecule has 0 aromatic rings. The normalized spacial score (nSPS) is 37.5. The van der Waals surface area contributed by atoms with Crippen molar-refractivity contribution in [2.24, 2.45) is 17.8 Å². The molecule has 3 heteroatoms. The first-order valence-electron chi connectivity index (χ1n) is 7.76. The summed E-state index contributed by atoms with van der Waals surface area (Å²) in [5, 5.41) is 0. The molecule has 0 aromatic carbocycles. The number of rotatable bonds is 2. The lowest BCUT2D eigenvalue weighted by molar-refractivity contribution is -0.129. The average Bonchev–Trinajstić information content (AvgIpc) is 2.28. The van der Waals surface area contributed by atoms with Crippen molar-refractivity contribution in [3.05, 3.63) is 0 Å². The van der Waals surface area contributed by atoms with Crippen LogP contribution in [0.3, 0.4) is 0 Å². The third-order valence-electron chi connectivity index (χ3n) is 5.27. The number of nitrogens with zero attached hydrogens (tertiary/aromatic N) is 2. The smallest absolute Gasteiger partial charge is 0.137 e. The highest BCUT2D eigenvalue weighted by atomic mass is 16.1. The largest absolute Gasteiger partial charge is 0.300 e. The second-order valence-electron chi connectivity index (χ2n) is 7.56. The Labute approximate surface area is 118 Å². The van der Waals surface area contributed by atoms with Crippen LogP contribution in [0.25, 0.3) is 0 Å². The molecular weight excluding hydrogens is 236 g/mol. The van der Waals surface area contributed by atoms with Crippen LogP contribution in [0, 0.1) is 17.8 Å². The first kappa shape index (κ1) is 15.0. The second kappa shape index (κ2) is 5.53. The van der Waals surface area contributed by atoms with E-state index in [4.69, 9.17) is 0 Å². The Morgan fingerprint density at radius 3 is 2.53 bits per heavy atom. The van der Waals surface area contributed by atoms with Crippen LogP contribution in [0.2, 0.25) is 0 Å². The van der Waals surface area contributed by atoms with Crippen LogP contribution in [0.1, 0.15) is 40.5 Å². The van der Waals surface area contributed by atoms with Crippen molar-refractivity contribution in [3.63, 3.8) is 0 Å². The third-order valence-corrected chi connectivity index (χ3v) is 5.27. The molecule has 3 atom stereocenters. The van der Waals surface area contributed by atoms with E-state index >= 15 is 0 Å². The average molecular weight is 266 g/mol. The van der Waals surface area contributed by atoms with Gasteiger partial charge in [-0.1, -0.05) is 13.8 Å². The van der Waals surface area contributed by atoms with Crippen molar-refractivity contribution in [1.82, 2.24) is 9.80 Å². The minimum absolute atomic E-state index is 0.229.